The first-order valence-electron chi connectivity index (χ1n) is 6.62. The average molecular weight is 346 g/mol. The number of halogens is 2. The molecule has 3 rings (SSSR count). The number of rotatable bonds is 5. The highest BCUT2D eigenvalue weighted by molar-refractivity contribution is 8.14. The Morgan fingerprint density at radius 3 is 2.67 bits per heavy atom. The first kappa shape index (κ1) is 14.9. The Morgan fingerprint density at radius 1 is 1.24 bits per heavy atom. The summed E-state index contributed by atoms with van der Waals surface area (Å²) in [6.07, 6.45) is 3.52. The summed E-state index contributed by atoms with van der Waals surface area (Å²) >= 11 is 5.90. The number of aromatic nitrogens is 1. The van der Waals surface area contributed by atoms with Gasteiger partial charge >= 0.3 is 0 Å². The predicted molar refractivity (Wildman–Crippen MR) is 82.6 cm³/mol. The SMILES string of the molecule is O=S(=O)(Cl)c1ccc(OCCC2CC2)c2nc(Cl)ccc12. The summed E-state index contributed by atoms with van der Waals surface area (Å²) in [5.74, 6) is 1.28. The molecule has 1 fully saturated rings. The number of benzene rings is 1. The number of nitrogens with zero attached hydrogens (tertiary/aromatic N) is 1. The normalized spacial score (nSPS) is 15.3. The molecular weight excluding hydrogens is 333 g/mol. The molecule has 0 unspecified atom stereocenters. The second-order valence-electron chi connectivity index (χ2n) is 5.11. The van der Waals surface area contributed by atoms with Crippen molar-refractivity contribution in [1.29, 1.82) is 0 Å². The lowest BCUT2D eigenvalue weighted by Gasteiger charge is -2.10. The molecule has 4 nitrogen and oxygen atoms in total. The molecule has 1 aliphatic carbocycles. The van der Waals surface area contributed by atoms with E-state index in [-0.39, 0.29) is 10.0 Å². The van der Waals surface area contributed by atoms with E-state index < -0.39 is 9.05 Å². The van der Waals surface area contributed by atoms with E-state index in [0.717, 1.165) is 12.3 Å². The molecule has 0 aliphatic heterocycles. The van der Waals surface area contributed by atoms with Crippen molar-refractivity contribution in [3.05, 3.63) is 29.4 Å². The lowest BCUT2D eigenvalue weighted by atomic mass is 10.2. The van der Waals surface area contributed by atoms with Gasteiger partial charge in [0.25, 0.3) is 9.05 Å². The average Bonchev–Trinajstić information content (AvgIpc) is 3.21. The third-order valence-electron chi connectivity index (χ3n) is 3.49. The predicted octanol–water partition coefficient (Wildman–Crippen LogP) is 3.99. The standard InChI is InChI=1S/C14H13Cl2NO3S/c15-13-6-3-10-12(21(16,18)19)5-4-11(14(10)17-13)20-8-7-9-1-2-9/h3-6,9H,1-2,7-8H2. The second kappa shape index (κ2) is 5.63. The Bertz CT molecular complexity index is 788. The molecule has 0 radical (unpaired) electrons. The van der Waals surface area contributed by atoms with E-state index in [9.17, 15) is 8.42 Å². The molecule has 21 heavy (non-hydrogen) atoms. The van der Waals surface area contributed by atoms with Gasteiger partial charge in [0, 0.05) is 16.1 Å². The summed E-state index contributed by atoms with van der Waals surface area (Å²) in [6, 6.07) is 6.14. The van der Waals surface area contributed by atoms with Crippen LogP contribution in [0.4, 0.5) is 0 Å². The monoisotopic (exact) mass is 345 g/mol. The maximum atomic E-state index is 11.6. The van der Waals surface area contributed by atoms with Gasteiger partial charge in [-0.1, -0.05) is 24.4 Å². The quantitative estimate of drug-likeness (QED) is 0.607. The molecule has 0 N–H and O–H groups in total. The van der Waals surface area contributed by atoms with Crippen LogP contribution in [0.15, 0.2) is 29.2 Å². The van der Waals surface area contributed by atoms with Crippen LogP contribution >= 0.6 is 22.3 Å². The zero-order valence-corrected chi connectivity index (χ0v) is 13.4. The number of ether oxygens (including phenoxy) is 1. The smallest absolute Gasteiger partial charge is 0.261 e. The summed E-state index contributed by atoms with van der Waals surface area (Å²) in [6.45, 7) is 0.584. The van der Waals surface area contributed by atoms with Crippen LogP contribution in [-0.4, -0.2) is 20.0 Å². The minimum Gasteiger partial charge on any atom is -0.491 e. The zero-order chi connectivity index (χ0) is 15.0. The maximum Gasteiger partial charge on any atom is 0.261 e. The van der Waals surface area contributed by atoms with Gasteiger partial charge in [-0.05, 0) is 36.6 Å². The fourth-order valence-electron chi connectivity index (χ4n) is 2.21. The number of pyridine rings is 1. The Hall–Kier alpha value is -1.04. The van der Waals surface area contributed by atoms with Crippen LogP contribution in [0.3, 0.4) is 0 Å². The molecule has 0 amide bonds. The first-order chi connectivity index (χ1) is 9.95. The number of hydrogen-bond donors (Lipinski definition) is 0. The molecule has 0 spiro atoms. The van der Waals surface area contributed by atoms with Gasteiger partial charge < -0.3 is 4.74 Å². The topological polar surface area (TPSA) is 56.3 Å². The van der Waals surface area contributed by atoms with E-state index >= 15 is 0 Å². The second-order valence-corrected chi connectivity index (χ2v) is 8.03. The van der Waals surface area contributed by atoms with E-state index in [4.69, 9.17) is 27.0 Å². The van der Waals surface area contributed by atoms with Gasteiger partial charge in [-0.3, -0.25) is 0 Å². The van der Waals surface area contributed by atoms with Crippen LogP contribution in [0.5, 0.6) is 5.75 Å². The Kier molecular flexibility index (Phi) is 3.99. The summed E-state index contributed by atoms with van der Waals surface area (Å²) in [5.41, 5.74) is 0.417. The van der Waals surface area contributed by atoms with Gasteiger partial charge in [-0.25, -0.2) is 13.4 Å². The van der Waals surface area contributed by atoms with E-state index in [1.165, 1.54) is 25.0 Å². The van der Waals surface area contributed by atoms with Crippen LogP contribution in [-0.2, 0) is 9.05 Å². The van der Waals surface area contributed by atoms with E-state index in [1.54, 1.807) is 12.1 Å². The zero-order valence-electron chi connectivity index (χ0n) is 11.1. The molecule has 1 heterocycles. The minimum absolute atomic E-state index is 0.0119. The Balaban J connectivity index is 2.02. The first-order valence-corrected chi connectivity index (χ1v) is 9.30. The lowest BCUT2D eigenvalue weighted by molar-refractivity contribution is 0.305. The highest BCUT2D eigenvalue weighted by atomic mass is 35.7. The Labute approximate surface area is 132 Å². The molecule has 1 saturated carbocycles. The summed E-state index contributed by atoms with van der Waals surface area (Å²) < 4.78 is 29.0. The molecule has 1 aromatic heterocycles. The fourth-order valence-corrected chi connectivity index (χ4v) is 3.42. The fraction of sp³-hybridized carbons (Fsp3) is 0.357. The Morgan fingerprint density at radius 2 is 2.00 bits per heavy atom. The highest BCUT2D eigenvalue weighted by Crippen LogP contribution is 2.34. The third-order valence-corrected chi connectivity index (χ3v) is 5.08. The van der Waals surface area contributed by atoms with E-state index in [0.29, 0.717) is 23.3 Å². The van der Waals surface area contributed by atoms with Crippen LogP contribution < -0.4 is 4.74 Å². The summed E-state index contributed by atoms with van der Waals surface area (Å²) in [4.78, 5) is 4.19. The van der Waals surface area contributed by atoms with Crippen molar-refractivity contribution in [3.63, 3.8) is 0 Å². The van der Waals surface area contributed by atoms with Gasteiger partial charge in [0.2, 0.25) is 0 Å². The molecule has 1 aromatic carbocycles. The van der Waals surface area contributed by atoms with Crippen molar-refractivity contribution in [2.75, 3.05) is 6.61 Å². The van der Waals surface area contributed by atoms with Crippen molar-refractivity contribution >= 4 is 42.2 Å². The van der Waals surface area contributed by atoms with Gasteiger partial charge in [0.1, 0.15) is 16.4 Å². The van der Waals surface area contributed by atoms with Crippen LogP contribution in [0.2, 0.25) is 5.15 Å². The van der Waals surface area contributed by atoms with Crippen molar-refractivity contribution in [3.8, 4) is 5.75 Å². The number of fused-ring (bicyclic) bond motifs is 1. The van der Waals surface area contributed by atoms with Gasteiger partial charge in [0.15, 0.2) is 0 Å². The highest BCUT2D eigenvalue weighted by Gasteiger charge is 2.22. The maximum absolute atomic E-state index is 11.6. The number of hydrogen-bond acceptors (Lipinski definition) is 4. The third kappa shape index (κ3) is 3.42. The van der Waals surface area contributed by atoms with E-state index in [2.05, 4.69) is 4.98 Å². The molecule has 112 valence electrons. The van der Waals surface area contributed by atoms with Crippen molar-refractivity contribution in [2.45, 2.75) is 24.2 Å². The van der Waals surface area contributed by atoms with Crippen molar-refractivity contribution < 1.29 is 13.2 Å². The molecule has 0 bridgehead atoms. The van der Waals surface area contributed by atoms with Gasteiger partial charge in [-0.2, -0.15) is 0 Å². The molecular formula is C14H13Cl2NO3S. The van der Waals surface area contributed by atoms with Crippen LogP contribution in [0.25, 0.3) is 10.9 Å². The van der Waals surface area contributed by atoms with Crippen molar-refractivity contribution in [2.24, 2.45) is 5.92 Å². The van der Waals surface area contributed by atoms with Crippen molar-refractivity contribution in [1.82, 2.24) is 4.98 Å². The van der Waals surface area contributed by atoms with Crippen LogP contribution in [0.1, 0.15) is 19.3 Å². The molecule has 7 heteroatoms. The minimum atomic E-state index is -3.85. The van der Waals surface area contributed by atoms with Gasteiger partial charge in [0.05, 0.1) is 11.5 Å². The summed E-state index contributed by atoms with van der Waals surface area (Å²) in [5, 5.41) is 0.692. The molecule has 2 aromatic rings. The van der Waals surface area contributed by atoms with E-state index in [1.807, 2.05) is 0 Å². The molecule has 0 saturated heterocycles. The van der Waals surface area contributed by atoms with Gasteiger partial charge in [-0.15, -0.1) is 0 Å². The lowest BCUT2D eigenvalue weighted by Crippen LogP contribution is -2.01. The summed E-state index contributed by atoms with van der Waals surface area (Å²) in [7, 11) is 1.61. The molecule has 0 atom stereocenters. The largest absolute Gasteiger partial charge is 0.491 e. The van der Waals surface area contributed by atoms with Crippen LogP contribution in [0, 0.1) is 5.92 Å². The molecule has 1 aliphatic rings.